The minimum Gasteiger partial charge on any atom is -0.399 e. The zero-order chi connectivity index (χ0) is 26.3. The molecule has 1 aliphatic carbocycles. The molecule has 0 amide bonds. The Bertz CT molecular complexity index is 1190. The lowest BCUT2D eigenvalue weighted by Gasteiger charge is -2.30. The average molecular weight is 511 g/mol. The molecule has 0 spiro atoms. The third-order valence-corrected chi connectivity index (χ3v) is 7.79. The van der Waals surface area contributed by atoms with E-state index in [1.807, 2.05) is 0 Å². The van der Waals surface area contributed by atoms with E-state index in [2.05, 4.69) is 0 Å². The number of sulfonamides is 1. The highest BCUT2D eigenvalue weighted by Gasteiger charge is 2.54. The number of nitrogens with zero attached hydrogens (tertiary/aromatic N) is 3. The van der Waals surface area contributed by atoms with Crippen molar-refractivity contribution < 1.29 is 27.7 Å². The van der Waals surface area contributed by atoms with E-state index < -0.39 is 60.2 Å². The molecule has 0 bridgehead atoms. The predicted octanol–water partition coefficient (Wildman–Crippen LogP) is 3.07. The van der Waals surface area contributed by atoms with Crippen LogP contribution >= 0.6 is 0 Å². The smallest absolute Gasteiger partial charge is 0.289 e. The highest BCUT2D eigenvalue weighted by Crippen LogP contribution is 2.40. The maximum atomic E-state index is 13.8. The van der Waals surface area contributed by atoms with Gasteiger partial charge in [0.15, 0.2) is 11.1 Å². The summed E-state index contributed by atoms with van der Waals surface area (Å²) in [5, 5.41) is 23.1. The second-order valence-electron chi connectivity index (χ2n) is 9.92. The molecule has 1 saturated heterocycles. The molecular formula is C22H30N4O8S. The number of benzene rings is 1. The fourth-order valence-corrected chi connectivity index (χ4v) is 5.87. The van der Waals surface area contributed by atoms with Gasteiger partial charge in [-0.25, -0.2) is 8.42 Å². The van der Waals surface area contributed by atoms with Crippen molar-refractivity contribution >= 4 is 15.7 Å². The van der Waals surface area contributed by atoms with E-state index in [1.165, 1.54) is 31.2 Å². The normalized spacial score (nSPS) is 25.5. The van der Waals surface area contributed by atoms with Crippen LogP contribution in [0.3, 0.4) is 0 Å². The van der Waals surface area contributed by atoms with Gasteiger partial charge in [0.1, 0.15) is 0 Å². The summed E-state index contributed by atoms with van der Waals surface area (Å²) in [6.07, 6.45) is 1.01. The third-order valence-electron chi connectivity index (χ3n) is 5.76. The Hall–Kier alpha value is -2.87. The fourth-order valence-electron chi connectivity index (χ4n) is 4.01. The van der Waals surface area contributed by atoms with Gasteiger partial charge < -0.3 is 15.2 Å². The number of hydrogen-bond acceptors (Lipinski definition) is 9. The van der Waals surface area contributed by atoms with Crippen LogP contribution in [0.25, 0.3) is 0 Å². The first-order chi connectivity index (χ1) is 16.1. The van der Waals surface area contributed by atoms with Crippen LogP contribution in [0, 0.1) is 20.2 Å². The Morgan fingerprint density at radius 1 is 1.29 bits per heavy atom. The van der Waals surface area contributed by atoms with Crippen molar-refractivity contribution in [1.82, 2.24) is 4.31 Å². The van der Waals surface area contributed by atoms with Crippen molar-refractivity contribution in [2.24, 2.45) is 5.73 Å². The molecule has 4 unspecified atom stereocenters. The minimum atomic E-state index is -4.44. The number of allylic oxidation sites excluding steroid dienone is 1. The Labute approximate surface area is 203 Å². The molecule has 12 nitrogen and oxygen atoms in total. The molecule has 1 aliphatic heterocycles. The van der Waals surface area contributed by atoms with Crippen LogP contribution in [-0.2, 0) is 19.5 Å². The van der Waals surface area contributed by atoms with E-state index in [0.717, 1.165) is 16.4 Å². The average Bonchev–Trinajstić information content (AvgIpc) is 3.46. The number of nitro groups is 2. The molecule has 1 aromatic rings. The van der Waals surface area contributed by atoms with Gasteiger partial charge in [0.05, 0.1) is 10.5 Å². The van der Waals surface area contributed by atoms with Gasteiger partial charge >= 0.3 is 0 Å². The zero-order valence-electron chi connectivity index (χ0n) is 20.2. The number of ether oxygens (including phenoxy) is 2. The van der Waals surface area contributed by atoms with E-state index >= 15 is 0 Å². The number of rotatable bonds is 9. The minimum absolute atomic E-state index is 0.000507. The molecular weight excluding hydrogens is 480 g/mol. The second kappa shape index (κ2) is 9.30. The van der Waals surface area contributed by atoms with Gasteiger partial charge in [-0.05, 0) is 57.9 Å². The van der Waals surface area contributed by atoms with Gasteiger partial charge in [0.25, 0.3) is 15.7 Å². The van der Waals surface area contributed by atoms with E-state index in [9.17, 15) is 28.6 Å². The monoisotopic (exact) mass is 510 g/mol. The number of hydrogen-bond donors (Lipinski definition) is 1. The third kappa shape index (κ3) is 5.69. The number of nitrogens with two attached hydrogens (primary N) is 1. The SMILES string of the molecule is CC(CC1=C(N)C=CC(C)([N+](=O)[O-])C1)N(C1OC1OC(C)(C)C)S(=O)(=O)c1ccccc1[N+](=O)[O-]. The molecule has 192 valence electrons. The van der Waals surface area contributed by atoms with E-state index in [1.54, 1.807) is 27.7 Å². The first kappa shape index (κ1) is 26.7. The maximum absolute atomic E-state index is 13.8. The van der Waals surface area contributed by atoms with Crippen LogP contribution < -0.4 is 5.73 Å². The molecule has 1 aromatic carbocycles. The van der Waals surface area contributed by atoms with Gasteiger partial charge in [-0.15, -0.1) is 0 Å². The second-order valence-corrected chi connectivity index (χ2v) is 11.7. The summed E-state index contributed by atoms with van der Waals surface area (Å²) in [7, 11) is -4.44. The van der Waals surface area contributed by atoms with Gasteiger partial charge in [-0.2, -0.15) is 4.31 Å². The maximum Gasteiger partial charge on any atom is 0.289 e. The predicted molar refractivity (Wildman–Crippen MR) is 126 cm³/mol. The Balaban J connectivity index is 2.00. The van der Waals surface area contributed by atoms with Crippen molar-refractivity contribution in [1.29, 1.82) is 0 Å². The first-order valence-electron chi connectivity index (χ1n) is 11.0. The number of nitro benzene ring substituents is 1. The molecule has 0 aromatic heterocycles. The van der Waals surface area contributed by atoms with Crippen molar-refractivity contribution in [3.8, 4) is 0 Å². The van der Waals surface area contributed by atoms with Crippen LogP contribution in [0.5, 0.6) is 0 Å². The molecule has 1 fully saturated rings. The Morgan fingerprint density at radius 3 is 2.49 bits per heavy atom. The molecule has 2 N–H and O–H groups in total. The summed E-state index contributed by atoms with van der Waals surface area (Å²) in [5.41, 5.74) is 4.33. The van der Waals surface area contributed by atoms with Crippen LogP contribution in [0.15, 0.2) is 52.6 Å². The lowest BCUT2D eigenvalue weighted by atomic mass is 9.85. The van der Waals surface area contributed by atoms with E-state index in [-0.39, 0.29) is 12.8 Å². The summed E-state index contributed by atoms with van der Waals surface area (Å²) in [5.74, 6) is 0. The molecule has 3 rings (SSSR count). The first-order valence-corrected chi connectivity index (χ1v) is 12.4. The van der Waals surface area contributed by atoms with Crippen molar-refractivity contribution in [3.05, 3.63) is 67.9 Å². The van der Waals surface area contributed by atoms with Gasteiger partial charge in [0, 0.05) is 36.1 Å². The van der Waals surface area contributed by atoms with E-state index in [0.29, 0.717) is 11.3 Å². The van der Waals surface area contributed by atoms with Gasteiger partial charge in [-0.3, -0.25) is 20.2 Å². The summed E-state index contributed by atoms with van der Waals surface area (Å²) < 4.78 is 39.9. The largest absolute Gasteiger partial charge is 0.399 e. The zero-order valence-corrected chi connectivity index (χ0v) is 21.0. The van der Waals surface area contributed by atoms with Crippen LogP contribution in [0.4, 0.5) is 5.69 Å². The summed E-state index contributed by atoms with van der Waals surface area (Å²) in [6, 6.07) is 4.24. The van der Waals surface area contributed by atoms with Crippen molar-refractivity contribution in [2.45, 2.75) is 82.1 Å². The van der Waals surface area contributed by atoms with Crippen molar-refractivity contribution in [2.75, 3.05) is 0 Å². The lowest BCUT2D eigenvalue weighted by molar-refractivity contribution is -0.550. The molecule has 0 radical (unpaired) electrons. The molecule has 0 saturated carbocycles. The Morgan fingerprint density at radius 2 is 1.91 bits per heavy atom. The van der Waals surface area contributed by atoms with Crippen molar-refractivity contribution in [3.63, 3.8) is 0 Å². The van der Waals surface area contributed by atoms with Gasteiger partial charge in [-0.1, -0.05) is 12.1 Å². The van der Waals surface area contributed by atoms with Crippen LogP contribution in [-0.4, -0.2) is 52.3 Å². The van der Waals surface area contributed by atoms with E-state index in [4.69, 9.17) is 15.2 Å². The lowest BCUT2D eigenvalue weighted by Crippen LogP contribution is -2.44. The van der Waals surface area contributed by atoms with Gasteiger partial charge in [0.2, 0.25) is 11.8 Å². The molecule has 4 atom stereocenters. The van der Waals surface area contributed by atoms with Crippen LogP contribution in [0.1, 0.15) is 47.5 Å². The number of epoxide rings is 1. The highest BCUT2D eigenvalue weighted by atomic mass is 32.2. The highest BCUT2D eigenvalue weighted by molar-refractivity contribution is 7.89. The summed E-state index contributed by atoms with van der Waals surface area (Å²) in [6.45, 7) is 8.42. The Kier molecular flexibility index (Phi) is 7.10. The molecule has 1 heterocycles. The summed E-state index contributed by atoms with van der Waals surface area (Å²) >= 11 is 0. The topological polar surface area (TPSA) is 171 Å². The fraction of sp³-hybridized carbons (Fsp3) is 0.545. The molecule has 2 aliphatic rings. The summed E-state index contributed by atoms with van der Waals surface area (Å²) in [4.78, 5) is 21.5. The molecule has 35 heavy (non-hydrogen) atoms. The molecule has 13 heteroatoms. The number of para-hydroxylation sites is 1. The van der Waals surface area contributed by atoms with Crippen LogP contribution in [0.2, 0.25) is 0 Å². The standard InChI is InChI=1S/C22H30N4O8S/c1-14(12-15-13-22(5,26(29)30)11-10-16(15)23)24(19-20(33-19)34-21(2,3)4)35(31,32)18-9-7-6-8-17(18)25(27)28/h6-11,14,19-20H,12-13,23H2,1-5H3. The quantitative estimate of drug-likeness (QED) is 0.298.